The molecule has 9 heteroatoms. The molecule has 2 aromatic heterocycles. The molecule has 1 aliphatic rings. The highest BCUT2D eigenvalue weighted by atomic mass is 32.1. The predicted octanol–water partition coefficient (Wildman–Crippen LogP) is 2.49. The topological polar surface area (TPSA) is 84.4 Å². The van der Waals surface area contributed by atoms with Crippen molar-refractivity contribution in [3.8, 4) is 0 Å². The van der Waals surface area contributed by atoms with E-state index in [-0.39, 0.29) is 23.6 Å². The first-order chi connectivity index (χ1) is 12.7. The minimum Gasteiger partial charge on any atom is -0.383 e. The Hall–Kier alpha value is -1.84. The third-order valence-electron chi connectivity index (χ3n) is 4.45. The number of aromatic nitrogens is 2. The van der Waals surface area contributed by atoms with Crippen molar-refractivity contribution in [1.82, 2.24) is 19.8 Å². The third kappa shape index (κ3) is 4.46. The fourth-order valence-electron chi connectivity index (χ4n) is 3.16. The van der Waals surface area contributed by atoms with Crippen LogP contribution in [0.15, 0.2) is 22.9 Å². The van der Waals surface area contributed by atoms with E-state index in [2.05, 4.69) is 14.9 Å². The maximum Gasteiger partial charge on any atom is 0.276 e. The molecule has 0 spiro atoms. The molecule has 7 nitrogen and oxygen atoms in total. The van der Waals surface area contributed by atoms with Crippen LogP contribution in [-0.2, 0) is 9.53 Å². The van der Waals surface area contributed by atoms with E-state index < -0.39 is 6.04 Å². The van der Waals surface area contributed by atoms with Crippen molar-refractivity contribution in [2.75, 3.05) is 20.3 Å². The van der Waals surface area contributed by atoms with Crippen LogP contribution in [0.2, 0.25) is 0 Å². The molecule has 0 aliphatic heterocycles. The van der Waals surface area contributed by atoms with Crippen LogP contribution in [-0.4, -0.2) is 52.6 Å². The van der Waals surface area contributed by atoms with E-state index in [1.807, 2.05) is 17.5 Å². The molecule has 1 atom stereocenters. The summed E-state index contributed by atoms with van der Waals surface area (Å²) in [5, 5.41) is 10.5. The Bertz CT molecular complexity index is 700. The SMILES string of the molecule is COCCN(C(=O)c1csnn1)[C@H](C(=O)NC1CCCC1)c1cccs1. The van der Waals surface area contributed by atoms with Crippen LogP contribution in [0.3, 0.4) is 0 Å². The maximum atomic E-state index is 13.1. The van der Waals surface area contributed by atoms with Crippen LogP contribution < -0.4 is 5.32 Å². The van der Waals surface area contributed by atoms with E-state index in [1.165, 1.54) is 16.2 Å². The quantitative estimate of drug-likeness (QED) is 0.744. The molecule has 0 aromatic carbocycles. The van der Waals surface area contributed by atoms with Gasteiger partial charge in [0.1, 0.15) is 6.04 Å². The summed E-state index contributed by atoms with van der Waals surface area (Å²) >= 11 is 2.58. The summed E-state index contributed by atoms with van der Waals surface area (Å²) in [6.45, 7) is 0.634. The molecule has 1 fully saturated rings. The molecular weight excluding hydrogens is 372 g/mol. The minimum absolute atomic E-state index is 0.146. The van der Waals surface area contributed by atoms with Gasteiger partial charge in [-0.25, -0.2) is 0 Å². The molecule has 1 N–H and O–H groups in total. The first-order valence-corrected chi connectivity index (χ1v) is 10.3. The maximum absolute atomic E-state index is 13.1. The zero-order valence-corrected chi connectivity index (χ0v) is 16.2. The van der Waals surface area contributed by atoms with E-state index in [0.717, 1.165) is 42.1 Å². The molecule has 0 saturated heterocycles. The third-order valence-corrected chi connectivity index (χ3v) is 5.88. The summed E-state index contributed by atoms with van der Waals surface area (Å²) in [7, 11) is 1.58. The van der Waals surface area contributed by atoms with E-state index in [0.29, 0.717) is 13.2 Å². The van der Waals surface area contributed by atoms with Crippen LogP contribution in [0.1, 0.15) is 47.1 Å². The van der Waals surface area contributed by atoms with Gasteiger partial charge in [-0.1, -0.05) is 23.4 Å². The Kier molecular flexibility index (Phi) is 6.70. The predicted molar refractivity (Wildman–Crippen MR) is 100 cm³/mol. The van der Waals surface area contributed by atoms with Crippen LogP contribution in [0.25, 0.3) is 0 Å². The molecule has 3 rings (SSSR count). The summed E-state index contributed by atoms with van der Waals surface area (Å²) in [4.78, 5) is 28.5. The lowest BCUT2D eigenvalue weighted by Crippen LogP contribution is -2.47. The van der Waals surface area contributed by atoms with Crippen molar-refractivity contribution in [3.05, 3.63) is 33.5 Å². The number of methoxy groups -OCH3 is 1. The van der Waals surface area contributed by atoms with Crippen molar-refractivity contribution < 1.29 is 14.3 Å². The highest BCUT2D eigenvalue weighted by molar-refractivity contribution is 7.10. The van der Waals surface area contributed by atoms with Crippen molar-refractivity contribution >= 4 is 34.7 Å². The number of carbonyl (C=O) groups excluding carboxylic acids is 2. The summed E-state index contributed by atoms with van der Waals surface area (Å²) in [5.41, 5.74) is 0.251. The van der Waals surface area contributed by atoms with Gasteiger partial charge in [0.15, 0.2) is 5.69 Å². The van der Waals surface area contributed by atoms with Gasteiger partial charge in [-0.15, -0.1) is 16.4 Å². The lowest BCUT2D eigenvalue weighted by atomic mass is 10.1. The molecule has 26 heavy (non-hydrogen) atoms. The molecule has 140 valence electrons. The Labute approximate surface area is 160 Å². The van der Waals surface area contributed by atoms with Gasteiger partial charge in [0.2, 0.25) is 5.91 Å². The number of nitrogens with zero attached hydrogens (tertiary/aromatic N) is 3. The van der Waals surface area contributed by atoms with Crippen molar-refractivity contribution in [1.29, 1.82) is 0 Å². The van der Waals surface area contributed by atoms with Gasteiger partial charge in [0, 0.05) is 30.0 Å². The molecule has 1 aliphatic carbocycles. The number of hydrogen-bond donors (Lipinski definition) is 1. The number of amides is 2. The van der Waals surface area contributed by atoms with Gasteiger partial charge >= 0.3 is 0 Å². The van der Waals surface area contributed by atoms with Gasteiger partial charge in [-0.05, 0) is 35.8 Å². The second-order valence-electron chi connectivity index (χ2n) is 6.19. The Morgan fingerprint density at radius 1 is 1.42 bits per heavy atom. The zero-order valence-electron chi connectivity index (χ0n) is 14.6. The highest BCUT2D eigenvalue weighted by Crippen LogP contribution is 2.28. The second-order valence-corrected chi connectivity index (χ2v) is 7.78. The number of carbonyl (C=O) groups is 2. The highest BCUT2D eigenvalue weighted by Gasteiger charge is 2.34. The number of nitrogens with one attached hydrogen (secondary N) is 1. The van der Waals surface area contributed by atoms with E-state index in [4.69, 9.17) is 4.74 Å². The molecule has 0 unspecified atom stereocenters. The first-order valence-electron chi connectivity index (χ1n) is 8.61. The van der Waals surface area contributed by atoms with E-state index in [9.17, 15) is 9.59 Å². The molecule has 0 bridgehead atoms. The fourth-order valence-corrected chi connectivity index (χ4v) is 4.43. The van der Waals surface area contributed by atoms with Crippen LogP contribution >= 0.6 is 22.9 Å². The van der Waals surface area contributed by atoms with Crippen molar-refractivity contribution in [2.24, 2.45) is 0 Å². The average molecular weight is 395 g/mol. The lowest BCUT2D eigenvalue weighted by molar-refractivity contribution is -0.126. The average Bonchev–Trinajstić information content (AvgIpc) is 3.41. The summed E-state index contributed by atoms with van der Waals surface area (Å²) in [6, 6.07) is 3.26. The molecule has 2 amide bonds. The summed E-state index contributed by atoms with van der Waals surface area (Å²) in [6.07, 6.45) is 4.24. The number of hydrogen-bond acceptors (Lipinski definition) is 7. The van der Waals surface area contributed by atoms with Gasteiger partial charge < -0.3 is 15.0 Å². The molecule has 1 saturated carbocycles. The van der Waals surface area contributed by atoms with E-state index >= 15 is 0 Å². The molecule has 2 aromatic rings. The van der Waals surface area contributed by atoms with Gasteiger partial charge in [0.05, 0.1) is 6.61 Å². The fraction of sp³-hybridized carbons (Fsp3) is 0.529. The van der Waals surface area contributed by atoms with Gasteiger partial charge in [-0.3, -0.25) is 9.59 Å². The number of thiophene rings is 1. The Balaban J connectivity index is 1.87. The Morgan fingerprint density at radius 3 is 2.85 bits per heavy atom. The summed E-state index contributed by atoms with van der Waals surface area (Å²) in [5.74, 6) is -0.456. The summed E-state index contributed by atoms with van der Waals surface area (Å²) < 4.78 is 8.94. The van der Waals surface area contributed by atoms with E-state index in [1.54, 1.807) is 12.5 Å². The van der Waals surface area contributed by atoms with Gasteiger partial charge in [0.25, 0.3) is 5.91 Å². The molecule has 0 radical (unpaired) electrons. The second kappa shape index (κ2) is 9.20. The largest absolute Gasteiger partial charge is 0.383 e. The number of rotatable bonds is 8. The van der Waals surface area contributed by atoms with Crippen LogP contribution in [0.4, 0.5) is 0 Å². The molecular formula is C17H22N4O3S2. The standard InChI is InChI=1S/C17H22N4O3S2/c1-24-9-8-21(17(23)13-11-26-20-19-13)15(14-7-4-10-25-14)16(22)18-12-5-2-3-6-12/h4,7,10-12,15H,2-3,5-6,8-9H2,1H3,(H,18,22)/t15-/m0/s1. The first kappa shape index (κ1) is 18.9. The smallest absolute Gasteiger partial charge is 0.276 e. The van der Waals surface area contributed by atoms with Crippen molar-refractivity contribution in [2.45, 2.75) is 37.8 Å². The Morgan fingerprint density at radius 2 is 2.23 bits per heavy atom. The normalized spacial score (nSPS) is 15.7. The number of ether oxygens (including phenoxy) is 1. The van der Waals surface area contributed by atoms with Crippen LogP contribution in [0, 0.1) is 0 Å². The molecule has 2 heterocycles. The van der Waals surface area contributed by atoms with Gasteiger partial charge in [-0.2, -0.15) is 0 Å². The monoisotopic (exact) mass is 394 g/mol. The lowest BCUT2D eigenvalue weighted by Gasteiger charge is -2.30. The zero-order chi connectivity index (χ0) is 18.4. The van der Waals surface area contributed by atoms with Crippen LogP contribution in [0.5, 0.6) is 0 Å². The van der Waals surface area contributed by atoms with Crippen molar-refractivity contribution in [3.63, 3.8) is 0 Å². The minimum atomic E-state index is -0.694.